The number of hydrogen-bond donors (Lipinski definition) is 0. The van der Waals surface area contributed by atoms with Gasteiger partial charge in [-0.3, -0.25) is 4.79 Å². The van der Waals surface area contributed by atoms with Crippen LogP contribution >= 0.6 is 11.6 Å². The average Bonchev–Trinajstić information content (AvgIpc) is 2.40. The van der Waals surface area contributed by atoms with E-state index in [-0.39, 0.29) is 18.6 Å². The molecule has 1 aliphatic carbocycles. The van der Waals surface area contributed by atoms with Crippen molar-refractivity contribution in [1.29, 1.82) is 0 Å². The van der Waals surface area contributed by atoms with Gasteiger partial charge in [-0.2, -0.15) is 13.2 Å². The van der Waals surface area contributed by atoms with Crippen LogP contribution in [0.5, 0.6) is 0 Å². The minimum absolute atomic E-state index is 0.0314. The summed E-state index contributed by atoms with van der Waals surface area (Å²) in [6, 6.07) is 6.93. The quantitative estimate of drug-likeness (QED) is 0.628. The fraction of sp³-hybridized carbons (Fsp3) is 0.611. The highest BCUT2D eigenvalue weighted by atomic mass is 35.5. The first-order valence-corrected chi connectivity index (χ1v) is 8.16. The van der Waals surface area contributed by atoms with E-state index in [4.69, 9.17) is 11.6 Å². The molecular weight excluding hydrogens is 325 g/mol. The van der Waals surface area contributed by atoms with Crippen LogP contribution in [0.25, 0.3) is 0 Å². The highest BCUT2D eigenvalue weighted by molar-refractivity contribution is 6.30. The van der Waals surface area contributed by atoms with E-state index in [9.17, 15) is 18.0 Å². The van der Waals surface area contributed by atoms with Crippen molar-refractivity contribution in [2.24, 2.45) is 17.3 Å². The van der Waals surface area contributed by atoms with Crippen LogP contribution in [0.1, 0.15) is 46.1 Å². The molecule has 128 valence electrons. The monoisotopic (exact) mass is 346 g/mol. The topological polar surface area (TPSA) is 17.1 Å². The summed E-state index contributed by atoms with van der Waals surface area (Å²) >= 11 is 5.92. The average molecular weight is 347 g/mol. The summed E-state index contributed by atoms with van der Waals surface area (Å²) in [5, 5.41) is 0.544. The van der Waals surface area contributed by atoms with Crippen LogP contribution < -0.4 is 0 Å². The lowest BCUT2D eigenvalue weighted by Gasteiger charge is -2.50. The van der Waals surface area contributed by atoms with E-state index in [2.05, 4.69) is 0 Å². The van der Waals surface area contributed by atoms with Crippen LogP contribution in [-0.2, 0) is 10.2 Å². The zero-order chi connectivity index (χ0) is 17.6. The van der Waals surface area contributed by atoms with Gasteiger partial charge in [0, 0.05) is 10.9 Å². The number of Topliss-reactive ketones (excluding diaryl/α,β-unsaturated/α-hetero) is 1. The third-order valence-corrected chi connectivity index (χ3v) is 5.56. The van der Waals surface area contributed by atoms with Crippen molar-refractivity contribution in [3.8, 4) is 0 Å². The molecule has 1 nitrogen and oxygen atoms in total. The van der Waals surface area contributed by atoms with Gasteiger partial charge >= 0.3 is 6.18 Å². The Hall–Kier alpha value is -1.03. The van der Waals surface area contributed by atoms with E-state index < -0.39 is 28.8 Å². The Labute approximate surface area is 140 Å². The fourth-order valence-electron chi connectivity index (χ4n) is 3.96. The molecule has 1 aromatic rings. The van der Waals surface area contributed by atoms with Gasteiger partial charge < -0.3 is 0 Å². The van der Waals surface area contributed by atoms with Gasteiger partial charge in [0.1, 0.15) is 5.78 Å². The van der Waals surface area contributed by atoms with E-state index in [0.29, 0.717) is 5.02 Å². The molecule has 1 fully saturated rings. The third kappa shape index (κ3) is 3.02. The smallest absolute Gasteiger partial charge is 0.298 e. The molecular formula is C18H22ClF3O. The number of halogens is 4. The number of rotatable bonds is 1. The van der Waals surface area contributed by atoms with E-state index in [1.165, 1.54) is 6.92 Å². The number of carbonyl (C=O) groups is 1. The van der Waals surface area contributed by atoms with Crippen molar-refractivity contribution < 1.29 is 18.0 Å². The first-order valence-electron chi connectivity index (χ1n) is 7.78. The van der Waals surface area contributed by atoms with Gasteiger partial charge in [0.05, 0.1) is 11.3 Å². The normalized spacial score (nSPS) is 29.7. The Balaban J connectivity index is 2.54. The third-order valence-electron chi connectivity index (χ3n) is 5.31. The Morgan fingerprint density at radius 1 is 1.13 bits per heavy atom. The Morgan fingerprint density at radius 2 is 1.65 bits per heavy atom. The zero-order valence-corrected chi connectivity index (χ0v) is 14.6. The van der Waals surface area contributed by atoms with E-state index in [0.717, 1.165) is 5.56 Å². The molecule has 5 heteroatoms. The van der Waals surface area contributed by atoms with Crippen LogP contribution in [0.3, 0.4) is 0 Å². The molecule has 3 atom stereocenters. The largest absolute Gasteiger partial charge is 0.392 e. The molecule has 0 aromatic heterocycles. The minimum atomic E-state index is -4.33. The maximum absolute atomic E-state index is 13.2. The second kappa shape index (κ2) is 5.80. The van der Waals surface area contributed by atoms with Gasteiger partial charge in [-0.25, -0.2) is 0 Å². The van der Waals surface area contributed by atoms with Gasteiger partial charge in [-0.1, -0.05) is 51.4 Å². The van der Waals surface area contributed by atoms with Crippen molar-refractivity contribution in [1.82, 2.24) is 0 Å². The summed E-state index contributed by atoms with van der Waals surface area (Å²) in [5.41, 5.74) is -0.645. The van der Waals surface area contributed by atoms with E-state index in [1.54, 1.807) is 24.3 Å². The van der Waals surface area contributed by atoms with Crippen molar-refractivity contribution >= 4 is 17.4 Å². The first-order chi connectivity index (χ1) is 10.4. The zero-order valence-electron chi connectivity index (χ0n) is 13.8. The lowest BCUT2D eigenvalue weighted by atomic mass is 9.52. The summed E-state index contributed by atoms with van der Waals surface area (Å²) in [6.45, 7) is 7.16. The molecule has 1 saturated carbocycles. The van der Waals surface area contributed by atoms with Crippen LogP contribution in [0.4, 0.5) is 13.2 Å². The molecule has 0 heterocycles. The molecule has 2 rings (SSSR count). The van der Waals surface area contributed by atoms with Gasteiger partial charge in [-0.05, 0) is 36.0 Å². The standard InChI is InChI=1S/C18H22ClF3O/c1-11-14(18(20,21)22)9-10-17(15(11)23,16(2,3)4)12-5-7-13(19)8-6-12/h5-8,11,14H,9-10H2,1-4H3. The van der Waals surface area contributed by atoms with Crippen molar-refractivity contribution in [2.75, 3.05) is 0 Å². The van der Waals surface area contributed by atoms with Crippen LogP contribution in [-0.4, -0.2) is 12.0 Å². The lowest BCUT2D eigenvalue weighted by molar-refractivity contribution is -0.201. The summed E-state index contributed by atoms with van der Waals surface area (Å²) in [4.78, 5) is 13.1. The summed E-state index contributed by atoms with van der Waals surface area (Å²) in [5.74, 6) is -2.92. The molecule has 1 aliphatic rings. The van der Waals surface area contributed by atoms with Gasteiger partial charge in [0.25, 0.3) is 0 Å². The highest BCUT2D eigenvalue weighted by Gasteiger charge is 2.59. The highest BCUT2D eigenvalue weighted by Crippen LogP contribution is 2.54. The Bertz CT molecular complexity index is 586. The Kier molecular flexibility index (Phi) is 4.62. The maximum Gasteiger partial charge on any atom is 0.392 e. The maximum atomic E-state index is 13.2. The van der Waals surface area contributed by atoms with Gasteiger partial charge in [-0.15, -0.1) is 0 Å². The van der Waals surface area contributed by atoms with Gasteiger partial charge in [0.2, 0.25) is 0 Å². The van der Waals surface area contributed by atoms with Crippen LogP contribution in [0.2, 0.25) is 5.02 Å². The molecule has 1 aromatic carbocycles. The summed E-state index contributed by atoms with van der Waals surface area (Å²) in [7, 11) is 0. The van der Waals surface area contributed by atoms with Crippen LogP contribution in [0, 0.1) is 17.3 Å². The summed E-state index contributed by atoms with van der Waals surface area (Å²) in [6.07, 6.45) is -4.17. The number of alkyl halides is 3. The predicted molar refractivity (Wildman–Crippen MR) is 85.5 cm³/mol. The van der Waals surface area contributed by atoms with E-state index >= 15 is 0 Å². The second-order valence-corrected chi connectivity index (χ2v) is 7.94. The predicted octanol–water partition coefficient (Wildman–Crippen LogP) is 5.80. The van der Waals surface area contributed by atoms with E-state index in [1.807, 2.05) is 20.8 Å². The Morgan fingerprint density at radius 3 is 2.09 bits per heavy atom. The molecule has 0 amide bonds. The second-order valence-electron chi connectivity index (χ2n) is 7.50. The fourth-order valence-corrected chi connectivity index (χ4v) is 4.09. The molecule has 0 N–H and O–H groups in total. The van der Waals surface area contributed by atoms with Crippen LogP contribution in [0.15, 0.2) is 24.3 Å². The SMILES string of the molecule is CC1C(=O)C(c2ccc(Cl)cc2)(C(C)(C)C)CCC1C(F)(F)F. The number of benzene rings is 1. The molecule has 0 saturated heterocycles. The molecule has 0 spiro atoms. The first kappa shape index (κ1) is 18.3. The van der Waals surface area contributed by atoms with Crippen molar-refractivity contribution in [3.05, 3.63) is 34.9 Å². The minimum Gasteiger partial charge on any atom is -0.298 e. The lowest BCUT2D eigenvalue weighted by Crippen LogP contribution is -2.55. The van der Waals surface area contributed by atoms with Crippen molar-refractivity contribution in [2.45, 2.75) is 52.1 Å². The number of carbonyl (C=O) groups excluding carboxylic acids is 1. The molecule has 23 heavy (non-hydrogen) atoms. The number of ketones is 1. The molecule has 0 bridgehead atoms. The van der Waals surface area contributed by atoms with Gasteiger partial charge in [0.15, 0.2) is 0 Å². The van der Waals surface area contributed by atoms with Crippen molar-refractivity contribution in [3.63, 3.8) is 0 Å². The molecule has 3 unspecified atom stereocenters. The molecule has 0 aliphatic heterocycles. The summed E-state index contributed by atoms with van der Waals surface area (Å²) < 4.78 is 39.6. The molecule has 0 radical (unpaired) electrons. The number of hydrogen-bond acceptors (Lipinski definition) is 1.